The average molecular weight is 322 g/mol. The second kappa shape index (κ2) is 7.84. The molecule has 2 heterocycles. The molecule has 0 radical (unpaired) electrons. The van der Waals surface area contributed by atoms with Gasteiger partial charge in [-0.1, -0.05) is 42.5 Å². The lowest BCUT2D eigenvalue weighted by molar-refractivity contribution is 0.0649. The van der Waals surface area contributed by atoms with Gasteiger partial charge in [-0.25, -0.2) is 9.97 Å². The summed E-state index contributed by atoms with van der Waals surface area (Å²) in [5, 5.41) is 0. The normalized spacial score (nSPS) is 15.8. The number of hydrogen-bond donors (Lipinski definition) is 0. The number of benzene rings is 1. The molecule has 1 aliphatic rings. The van der Waals surface area contributed by atoms with Crippen LogP contribution in [0.5, 0.6) is 0 Å². The van der Waals surface area contributed by atoms with E-state index in [9.17, 15) is 4.79 Å². The molecule has 0 atom stereocenters. The van der Waals surface area contributed by atoms with E-state index in [2.05, 4.69) is 39.2 Å². The quantitative estimate of drug-likeness (QED) is 0.866. The highest BCUT2D eigenvalue weighted by Crippen LogP contribution is 2.08. The molecule has 24 heavy (non-hydrogen) atoms. The number of piperazine rings is 1. The van der Waals surface area contributed by atoms with Crippen LogP contribution in [0.4, 0.5) is 0 Å². The van der Waals surface area contributed by atoms with E-state index in [1.54, 1.807) is 12.4 Å². The van der Waals surface area contributed by atoms with Crippen LogP contribution in [0.2, 0.25) is 0 Å². The zero-order valence-corrected chi connectivity index (χ0v) is 13.9. The summed E-state index contributed by atoms with van der Waals surface area (Å²) in [5.41, 5.74) is 1.78. The molecule has 124 valence electrons. The number of carbonyl (C=O) groups excluding carboxylic acids is 1. The van der Waals surface area contributed by atoms with Gasteiger partial charge < -0.3 is 4.90 Å². The van der Waals surface area contributed by atoms with E-state index in [0.29, 0.717) is 11.4 Å². The summed E-state index contributed by atoms with van der Waals surface area (Å²) in [4.78, 5) is 24.9. The third-order valence-electron chi connectivity index (χ3n) is 4.16. The highest BCUT2D eigenvalue weighted by molar-refractivity contribution is 5.93. The van der Waals surface area contributed by atoms with Gasteiger partial charge in [0.2, 0.25) is 0 Å². The minimum atomic E-state index is 0.0227. The van der Waals surface area contributed by atoms with E-state index < -0.39 is 0 Å². The maximum atomic E-state index is 12.4. The van der Waals surface area contributed by atoms with Crippen LogP contribution in [0.15, 0.2) is 48.8 Å². The Balaban J connectivity index is 1.48. The fraction of sp³-hybridized carbons (Fsp3) is 0.316. The minimum Gasteiger partial charge on any atom is -0.336 e. The van der Waals surface area contributed by atoms with Crippen LogP contribution in [0.25, 0.3) is 6.08 Å². The number of aromatic nitrogens is 2. The molecule has 0 N–H and O–H groups in total. The van der Waals surface area contributed by atoms with E-state index in [-0.39, 0.29) is 5.91 Å². The van der Waals surface area contributed by atoms with E-state index >= 15 is 0 Å². The molecule has 1 aromatic heterocycles. The first-order valence-electron chi connectivity index (χ1n) is 8.24. The molecule has 5 nitrogen and oxygen atoms in total. The first-order valence-corrected chi connectivity index (χ1v) is 8.24. The van der Waals surface area contributed by atoms with Crippen LogP contribution < -0.4 is 0 Å². The van der Waals surface area contributed by atoms with Gasteiger partial charge in [-0.3, -0.25) is 9.69 Å². The smallest absolute Gasteiger partial charge is 0.257 e. The lowest BCUT2D eigenvalue weighted by Crippen LogP contribution is -2.48. The lowest BCUT2D eigenvalue weighted by atomic mass is 10.2. The second-order valence-corrected chi connectivity index (χ2v) is 5.92. The Bertz CT molecular complexity index is 689. The Hall–Kier alpha value is -2.53. The van der Waals surface area contributed by atoms with Gasteiger partial charge in [0.15, 0.2) is 0 Å². The second-order valence-electron chi connectivity index (χ2n) is 5.92. The van der Waals surface area contributed by atoms with Crippen molar-refractivity contribution in [3.63, 3.8) is 0 Å². The summed E-state index contributed by atoms with van der Waals surface area (Å²) >= 11 is 0. The number of carbonyl (C=O) groups is 1. The summed E-state index contributed by atoms with van der Waals surface area (Å²) in [5.74, 6) is 0.705. The predicted octanol–water partition coefficient (Wildman–Crippen LogP) is 2.26. The fourth-order valence-electron chi connectivity index (χ4n) is 2.72. The Morgan fingerprint density at radius 1 is 1.08 bits per heavy atom. The highest BCUT2D eigenvalue weighted by Gasteiger charge is 2.21. The van der Waals surface area contributed by atoms with Crippen LogP contribution in [-0.4, -0.2) is 58.4 Å². The number of rotatable bonds is 4. The SMILES string of the molecule is Cc1ncc(C(=O)N2CCN(C/C=C/c3ccccc3)CC2)cn1. The largest absolute Gasteiger partial charge is 0.336 e. The molecule has 0 aliphatic carbocycles. The lowest BCUT2D eigenvalue weighted by Gasteiger charge is -2.34. The summed E-state index contributed by atoms with van der Waals surface area (Å²) < 4.78 is 0. The third-order valence-corrected chi connectivity index (χ3v) is 4.16. The highest BCUT2D eigenvalue weighted by atomic mass is 16.2. The van der Waals surface area contributed by atoms with Gasteiger partial charge in [-0.05, 0) is 12.5 Å². The molecule has 1 aliphatic heterocycles. The van der Waals surface area contributed by atoms with Crippen molar-refractivity contribution in [3.8, 4) is 0 Å². The molecular weight excluding hydrogens is 300 g/mol. The van der Waals surface area contributed by atoms with Crippen molar-refractivity contribution in [1.29, 1.82) is 0 Å². The number of amides is 1. The van der Waals surface area contributed by atoms with Gasteiger partial charge in [-0.15, -0.1) is 0 Å². The van der Waals surface area contributed by atoms with Gasteiger partial charge in [-0.2, -0.15) is 0 Å². The van der Waals surface area contributed by atoms with Gasteiger partial charge >= 0.3 is 0 Å². The molecule has 3 rings (SSSR count). The minimum absolute atomic E-state index is 0.0227. The summed E-state index contributed by atoms with van der Waals surface area (Å²) in [7, 11) is 0. The first-order chi connectivity index (χ1) is 11.7. The van der Waals surface area contributed by atoms with E-state index in [1.807, 2.05) is 30.0 Å². The fourth-order valence-corrected chi connectivity index (χ4v) is 2.72. The first kappa shape index (κ1) is 16.3. The van der Waals surface area contributed by atoms with E-state index in [1.165, 1.54) is 5.56 Å². The Morgan fingerprint density at radius 3 is 2.42 bits per heavy atom. The molecule has 1 fully saturated rings. The Kier molecular flexibility index (Phi) is 5.33. The maximum absolute atomic E-state index is 12.4. The van der Waals surface area contributed by atoms with Crippen molar-refractivity contribution in [2.24, 2.45) is 0 Å². The Labute approximate surface area is 142 Å². The molecule has 1 aromatic carbocycles. The van der Waals surface area contributed by atoms with Crippen molar-refractivity contribution in [1.82, 2.24) is 19.8 Å². The molecule has 1 amide bonds. The van der Waals surface area contributed by atoms with Crippen molar-refractivity contribution in [2.45, 2.75) is 6.92 Å². The molecule has 1 saturated heterocycles. The van der Waals surface area contributed by atoms with Crippen LogP contribution in [0.1, 0.15) is 21.7 Å². The van der Waals surface area contributed by atoms with Gasteiger partial charge in [0.1, 0.15) is 5.82 Å². The molecule has 0 bridgehead atoms. The van der Waals surface area contributed by atoms with Crippen molar-refractivity contribution < 1.29 is 4.79 Å². The number of nitrogens with zero attached hydrogens (tertiary/aromatic N) is 4. The van der Waals surface area contributed by atoms with Crippen LogP contribution in [0.3, 0.4) is 0 Å². The average Bonchev–Trinajstić information content (AvgIpc) is 2.63. The number of aryl methyl sites for hydroxylation is 1. The zero-order chi connectivity index (χ0) is 16.8. The van der Waals surface area contributed by atoms with E-state index in [4.69, 9.17) is 0 Å². The zero-order valence-electron chi connectivity index (χ0n) is 13.9. The van der Waals surface area contributed by atoms with Crippen molar-refractivity contribution in [3.05, 3.63) is 65.8 Å². The Morgan fingerprint density at radius 2 is 1.75 bits per heavy atom. The van der Waals surface area contributed by atoms with Crippen LogP contribution in [0, 0.1) is 6.92 Å². The van der Waals surface area contributed by atoms with Crippen LogP contribution >= 0.6 is 0 Å². The summed E-state index contributed by atoms with van der Waals surface area (Å²) in [6.45, 7) is 5.98. The van der Waals surface area contributed by atoms with Crippen LogP contribution in [-0.2, 0) is 0 Å². The predicted molar refractivity (Wildman–Crippen MR) is 94.6 cm³/mol. The number of hydrogen-bond acceptors (Lipinski definition) is 4. The maximum Gasteiger partial charge on any atom is 0.257 e. The summed E-state index contributed by atoms with van der Waals surface area (Å²) in [6.07, 6.45) is 7.54. The van der Waals surface area contributed by atoms with Gasteiger partial charge in [0.05, 0.1) is 5.56 Å². The third kappa shape index (κ3) is 4.26. The summed E-state index contributed by atoms with van der Waals surface area (Å²) in [6, 6.07) is 10.3. The topological polar surface area (TPSA) is 49.3 Å². The standard InChI is InChI=1S/C19H22N4O/c1-16-20-14-18(15-21-16)19(24)23-12-10-22(11-13-23)9-5-8-17-6-3-2-4-7-17/h2-8,14-15H,9-13H2,1H3/b8-5+. The van der Waals surface area contributed by atoms with Gasteiger partial charge in [0, 0.05) is 45.1 Å². The molecule has 5 heteroatoms. The van der Waals surface area contributed by atoms with E-state index in [0.717, 1.165) is 32.7 Å². The molecule has 0 saturated carbocycles. The van der Waals surface area contributed by atoms with Crippen molar-refractivity contribution >= 4 is 12.0 Å². The van der Waals surface area contributed by atoms with Crippen molar-refractivity contribution in [2.75, 3.05) is 32.7 Å². The molecule has 0 spiro atoms. The molecule has 2 aromatic rings. The monoisotopic (exact) mass is 322 g/mol. The van der Waals surface area contributed by atoms with Gasteiger partial charge in [0.25, 0.3) is 5.91 Å². The molecule has 0 unspecified atom stereocenters. The molecular formula is C19H22N4O.